The molecule has 0 heterocycles. The molecule has 0 aromatic heterocycles. The van der Waals surface area contributed by atoms with Crippen LogP contribution in [-0.2, 0) is 9.59 Å². The Morgan fingerprint density at radius 2 is 1.77 bits per heavy atom. The van der Waals surface area contributed by atoms with E-state index in [-0.39, 0.29) is 5.92 Å². The molecule has 0 aliphatic rings. The molecule has 13 heavy (non-hydrogen) atoms. The number of aliphatic carboxylic acids is 1. The van der Waals surface area contributed by atoms with Crippen molar-refractivity contribution in [2.75, 3.05) is 0 Å². The first-order valence-electron chi connectivity index (χ1n) is 4.15. The Balaban J connectivity index is 4.08. The van der Waals surface area contributed by atoms with Gasteiger partial charge in [0.25, 0.3) is 0 Å². The molecule has 0 radical (unpaired) electrons. The van der Waals surface area contributed by atoms with Gasteiger partial charge in [0.15, 0.2) is 0 Å². The lowest BCUT2D eigenvalue weighted by atomic mass is 10.0. The van der Waals surface area contributed by atoms with Crippen LogP contribution in [0.25, 0.3) is 0 Å². The van der Waals surface area contributed by atoms with E-state index < -0.39 is 24.0 Å². The largest absolute Gasteiger partial charge is 0.480 e. The molecule has 76 valence electrons. The highest BCUT2D eigenvalue weighted by Gasteiger charge is 2.21. The summed E-state index contributed by atoms with van der Waals surface area (Å²) in [4.78, 5) is 21.6. The van der Waals surface area contributed by atoms with Gasteiger partial charge in [0.05, 0.1) is 6.04 Å². The van der Waals surface area contributed by atoms with Crippen molar-refractivity contribution in [1.82, 2.24) is 5.32 Å². The van der Waals surface area contributed by atoms with Gasteiger partial charge in [-0.1, -0.05) is 13.8 Å². The topological polar surface area (TPSA) is 92.4 Å². The fraction of sp³-hybridized carbons (Fsp3) is 0.750. The van der Waals surface area contributed by atoms with Gasteiger partial charge in [-0.15, -0.1) is 0 Å². The molecule has 0 saturated carbocycles. The number of carbonyl (C=O) groups is 2. The zero-order valence-corrected chi connectivity index (χ0v) is 8.07. The third-order valence-corrected chi connectivity index (χ3v) is 1.75. The number of hydrogen-bond acceptors (Lipinski definition) is 3. The zero-order valence-electron chi connectivity index (χ0n) is 8.07. The number of hydrogen-bond donors (Lipinski definition) is 3. The minimum Gasteiger partial charge on any atom is -0.480 e. The van der Waals surface area contributed by atoms with Gasteiger partial charge >= 0.3 is 5.97 Å². The van der Waals surface area contributed by atoms with E-state index in [2.05, 4.69) is 5.32 Å². The molecule has 0 aromatic carbocycles. The number of carboxylic acids is 1. The van der Waals surface area contributed by atoms with Crippen molar-refractivity contribution in [3.63, 3.8) is 0 Å². The van der Waals surface area contributed by atoms with Crippen LogP contribution in [0.4, 0.5) is 0 Å². The summed E-state index contributed by atoms with van der Waals surface area (Å²) in [5.74, 6) is -1.49. The van der Waals surface area contributed by atoms with Crippen LogP contribution in [0.1, 0.15) is 20.8 Å². The second-order valence-corrected chi connectivity index (χ2v) is 3.34. The molecule has 0 unspecified atom stereocenters. The fourth-order valence-electron chi connectivity index (χ4n) is 0.674. The first-order chi connectivity index (χ1) is 5.86. The maximum atomic E-state index is 11.2. The van der Waals surface area contributed by atoms with Crippen LogP contribution in [0.3, 0.4) is 0 Å². The summed E-state index contributed by atoms with van der Waals surface area (Å²) < 4.78 is 0. The molecule has 0 aliphatic heterocycles. The van der Waals surface area contributed by atoms with Gasteiger partial charge in [0.1, 0.15) is 6.04 Å². The number of carbonyl (C=O) groups excluding carboxylic acids is 1. The van der Waals surface area contributed by atoms with Gasteiger partial charge < -0.3 is 16.2 Å². The first-order valence-corrected chi connectivity index (χ1v) is 4.15. The Morgan fingerprint density at radius 1 is 1.31 bits per heavy atom. The lowest BCUT2D eigenvalue weighted by molar-refractivity contribution is -0.141. The van der Waals surface area contributed by atoms with E-state index in [4.69, 9.17) is 10.8 Å². The Morgan fingerprint density at radius 3 is 2.08 bits per heavy atom. The van der Waals surface area contributed by atoms with Crippen LogP contribution in [-0.4, -0.2) is 29.1 Å². The van der Waals surface area contributed by atoms with E-state index in [0.717, 1.165) is 0 Å². The van der Waals surface area contributed by atoms with Crippen molar-refractivity contribution in [3.8, 4) is 0 Å². The van der Waals surface area contributed by atoms with Crippen molar-refractivity contribution in [1.29, 1.82) is 0 Å². The van der Waals surface area contributed by atoms with E-state index in [1.807, 2.05) is 0 Å². The summed E-state index contributed by atoms with van der Waals surface area (Å²) >= 11 is 0. The van der Waals surface area contributed by atoms with Gasteiger partial charge in [-0.25, -0.2) is 0 Å². The second kappa shape index (κ2) is 4.81. The highest BCUT2D eigenvalue weighted by Crippen LogP contribution is 1.98. The Bertz CT molecular complexity index is 204. The molecule has 0 saturated heterocycles. The summed E-state index contributed by atoms with van der Waals surface area (Å²) in [5.41, 5.74) is 5.50. The van der Waals surface area contributed by atoms with Gasteiger partial charge in [-0.2, -0.15) is 0 Å². The zero-order chi connectivity index (χ0) is 10.6. The molecule has 4 N–H and O–H groups in total. The average molecular weight is 188 g/mol. The maximum Gasteiger partial charge on any atom is 0.325 e. The number of carboxylic acid groups (broad SMARTS) is 1. The third kappa shape index (κ3) is 3.89. The summed E-state index contributed by atoms with van der Waals surface area (Å²) in [6.07, 6.45) is 0. The number of nitrogens with two attached hydrogens (primary N) is 1. The van der Waals surface area contributed by atoms with Crippen LogP contribution >= 0.6 is 0 Å². The van der Waals surface area contributed by atoms with Crippen molar-refractivity contribution < 1.29 is 14.7 Å². The third-order valence-electron chi connectivity index (χ3n) is 1.75. The predicted octanol–water partition coefficient (Wildman–Crippen LogP) is -0.441. The summed E-state index contributed by atoms with van der Waals surface area (Å²) in [7, 11) is 0. The van der Waals surface area contributed by atoms with Crippen LogP contribution < -0.4 is 11.1 Å². The van der Waals surface area contributed by atoms with Crippen LogP contribution in [0.2, 0.25) is 0 Å². The highest BCUT2D eigenvalue weighted by atomic mass is 16.4. The molecule has 0 bridgehead atoms. The lowest BCUT2D eigenvalue weighted by Gasteiger charge is -2.17. The lowest BCUT2D eigenvalue weighted by Crippen LogP contribution is -2.49. The average Bonchev–Trinajstić information content (AvgIpc) is 2.02. The highest BCUT2D eigenvalue weighted by molar-refractivity contribution is 5.86. The van der Waals surface area contributed by atoms with E-state index >= 15 is 0 Å². The van der Waals surface area contributed by atoms with Gasteiger partial charge in [-0.05, 0) is 12.8 Å². The SMILES string of the molecule is CC(C)[C@@H](N)C(=O)N[C@H](C)C(=O)O. The number of rotatable bonds is 4. The molecule has 5 heteroatoms. The monoisotopic (exact) mass is 188 g/mol. The first kappa shape index (κ1) is 11.9. The Hall–Kier alpha value is -1.10. The molecule has 0 rings (SSSR count). The van der Waals surface area contributed by atoms with Crippen LogP contribution in [0.5, 0.6) is 0 Å². The maximum absolute atomic E-state index is 11.2. The molecule has 0 fully saturated rings. The Kier molecular flexibility index (Phi) is 4.40. The molecular formula is C8H16N2O3. The molecule has 0 aromatic rings. The standard InChI is InChI=1S/C8H16N2O3/c1-4(2)6(9)7(11)10-5(3)8(12)13/h4-6H,9H2,1-3H3,(H,10,11)(H,12,13)/t5-,6-/m1/s1. The van der Waals surface area contributed by atoms with Crippen LogP contribution in [0.15, 0.2) is 0 Å². The quantitative estimate of drug-likeness (QED) is 0.557. The van der Waals surface area contributed by atoms with E-state index in [1.54, 1.807) is 13.8 Å². The van der Waals surface area contributed by atoms with Crippen molar-refractivity contribution >= 4 is 11.9 Å². The summed E-state index contributed by atoms with van der Waals surface area (Å²) in [6.45, 7) is 5.00. The van der Waals surface area contributed by atoms with Crippen molar-refractivity contribution in [2.24, 2.45) is 11.7 Å². The van der Waals surface area contributed by atoms with Gasteiger partial charge in [-0.3, -0.25) is 9.59 Å². The molecule has 5 nitrogen and oxygen atoms in total. The van der Waals surface area contributed by atoms with E-state index in [0.29, 0.717) is 0 Å². The van der Waals surface area contributed by atoms with E-state index in [1.165, 1.54) is 6.92 Å². The predicted molar refractivity (Wildman–Crippen MR) is 48.1 cm³/mol. The van der Waals surface area contributed by atoms with Gasteiger partial charge in [0.2, 0.25) is 5.91 Å². The molecule has 1 amide bonds. The number of amides is 1. The molecular weight excluding hydrogens is 172 g/mol. The van der Waals surface area contributed by atoms with E-state index in [9.17, 15) is 9.59 Å². The van der Waals surface area contributed by atoms with Gasteiger partial charge in [0, 0.05) is 0 Å². The second-order valence-electron chi connectivity index (χ2n) is 3.34. The molecule has 0 aliphatic carbocycles. The molecule has 0 spiro atoms. The van der Waals surface area contributed by atoms with Crippen LogP contribution in [0, 0.1) is 5.92 Å². The minimum atomic E-state index is -1.07. The summed E-state index contributed by atoms with van der Waals surface area (Å²) in [6, 6.07) is -1.54. The number of nitrogens with one attached hydrogen (secondary N) is 1. The van der Waals surface area contributed by atoms with Crippen molar-refractivity contribution in [2.45, 2.75) is 32.9 Å². The van der Waals surface area contributed by atoms with Crippen molar-refractivity contribution in [3.05, 3.63) is 0 Å². The summed E-state index contributed by atoms with van der Waals surface area (Å²) in [5, 5.41) is 10.8. The smallest absolute Gasteiger partial charge is 0.325 e. The minimum absolute atomic E-state index is 0.000921. The Labute approximate surface area is 77.3 Å². The fourth-order valence-corrected chi connectivity index (χ4v) is 0.674. The normalized spacial score (nSPS) is 15.2. The molecule has 2 atom stereocenters.